The van der Waals surface area contributed by atoms with E-state index in [1.54, 1.807) is 0 Å². The van der Waals surface area contributed by atoms with Crippen LogP contribution in [0.3, 0.4) is 0 Å². The summed E-state index contributed by atoms with van der Waals surface area (Å²) < 4.78 is 12.9. The maximum atomic E-state index is 12.9. The standard InChI is InChI=1S/C20H23FN4O2/c1-24-10-12-25(13-11-24)18-8-6-17(7-9-18)23-20(27)14-19(26)22-16-4-2-15(21)3-5-16/h2-9H,10-14H2,1H3,(H,22,26)(H,23,27). The summed E-state index contributed by atoms with van der Waals surface area (Å²) >= 11 is 0. The van der Waals surface area contributed by atoms with E-state index in [4.69, 9.17) is 0 Å². The third kappa shape index (κ3) is 5.52. The van der Waals surface area contributed by atoms with Crippen LogP contribution in [0.5, 0.6) is 0 Å². The SMILES string of the molecule is CN1CCN(c2ccc(NC(=O)CC(=O)Nc3ccc(F)cc3)cc2)CC1. The predicted molar refractivity (Wildman–Crippen MR) is 104 cm³/mol. The van der Waals surface area contributed by atoms with Gasteiger partial charge in [0.05, 0.1) is 0 Å². The summed E-state index contributed by atoms with van der Waals surface area (Å²) in [4.78, 5) is 28.6. The second kappa shape index (κ2) is 8.64. The van der Waals surface area contributed by atoms with Crippen LogP contribution in [0.4, 0.5) is 21.5 Å². The van der Waals surface area contributed by atoms with Crippen molar-refractivity contribution in [2.45, 2.75) is 6.42 Å². The van der Waals surface area contributed by atoms with E-state index in [9.17, 15) is 14.0 Å². The van der Waals surface area contributed by atoms with Crippen LogP contribution in [0.2, 0.25) is 0 Å². The van der Waals surface area contributed by atoms with E-state index in [1.165, 1.54) is 24.3 Å². The van der Waals surface area contributed by atoms with Gasteiger partial charge >= 0.3 is 0 Å². The average Bonchev–Trinajstić information content (AvgIpc) is 2.65. The summed E-state index contributed by atoms with van der Waals surface area (Å²) in [5.41, 5.74) is 2.22. The number of nitrogens with zero attached hydrogens (tertiary/aromatic N) is 2. The molecule has 0 saturated carbocycles. The average molecular weight is 370 g/mol. The number of rotatable bonds is 5. The Morgan fingerprint density at radius 1 is 0.852 bits per heavy atom. The number of piperazine rings is 1. The Morgan fingerprint density at radius 2 is 1.33 bits per heavy atom. The van der Waals surface area contributed by atoms with Crippen molar-refractivity contribution < 1.29 is 14.0 Å². The van der Waals surface area contributed by atoms with Gasteiger partial charge in [-0.25, -0.2) is 4.39 Å². The van der Waals surface area contributed by atoms with Crippen molar-refractivity contribution in [2.75, 3.05) is 48.8 Å². The van der Waals surface area contributed by atoms with E-state index >= 15 is 0 Å². The van der Waals surface area contributed by atoms with Crippen LogP contribution in [0.1, 0.15) is 6.42 Å². The number of carbonyl (C=O) groups is 2. The maximum Gasteiger partial charge on any atom is 0.233 e. The molecule has 0 unspecified atom stereocenters. The van der Waals surface area contributed by atoms with Crippen molar-refractivity contribution in [3.63, 3.8) is 0 Å². The molecule has 27 heavy (non-hydrogen) atoms. The summed E-state index contributed by atoms with van der Waals surface area (Å²) in [6.07, 6.45) is -0.308. The molecule has 0 bridgehead atoms. The van der Waals surface area contributed by atoms with E-state index in [0.717, 1.165) is 31.9 Å². The lowest BCUT2D eigenvalue weighted by Gasteiger charge is -2.34. The predicted octanol–water partition coefficient (Wildman–Crippen LogP) is 2.54. The molecule has 142 valence electrons. The Hall–Kier alpha value is -2.93. The number of nitrogens with one attached hydrogen (secondary N) is 2. The van der Waals surface area contributed by atoms with Gasteiger partial charge in [0.2, 0.25) is 11.8 Å². The van der Waals surface area contributed by atoms with Gasteiger partial charge in [-0.1, -0.05) is 0 Å². The molecule has 1 aliphatic rings. The normalized spacial score (nSPS) is 14.7. The van der Waals surface area contributed by atoms with Crippen molar-refractivity contribution in [1.29, 1.82) is 0 Å². The first-order valence-electron chi connectivity index (χ1n) is 8.88. The second-order valence-corrected chi connectivity index (χ2v) is 6.62. The molecule has 2 amide bonds. The van der Waals surface area contributed by atoms with Gasteiger partial charge in [0.25, 0.3) is 0 Å². The summed E-state index contributed by atoms with van der Waals surface area (Å²) in [6, 6.07) is 13.0. The minimum Gasteiger partial charge on any atom is -0.369 e. The Bertz CT molecular complexity index is 785. The molecule has 1 fully saturated rings. The number of hydrogen-bond acceptors (Lipinski definition) is 4. The molecule has 2 N–H and O–H groups in total. The van der Waals surface area contributed by atoms with Gasteiger partial charge in [-0.2, -0.15) is 0 Å². The molecule has 6 nitrogen and oxygen atoms in total. The third-order valence-electron chi connectivity index (χ3n) is 4.47. The fraction of sp³-hybridized carbons (Fsp3) is 0.300. The van der Waals surface area contributed by atoms with Crippen LogP contribution < -0.4 is 15.5 Å². The van der Waals surface area contributed by atoms with Gasteiger partial charge in [0.15, 0.2) is 0 Å². The molecule has 0 radical (unpaired) electrons. The number of amides is 2. The van der Waals surface area contributed by atoms with E-state index in [0.29, 0.717) is 11.4 Å². The second-order valence-electron chi connectivity index (χ2n) is 6.62. The number of anilines is 3. The Morgan fingerprint density at radius 3 is 1.85 bits per heavy atom. The molecule has 1 saturated heterocycles. The number of halogens is 1. The van der Waals surface area contributed by atoms with Crippen LogP contribution in [0.15, 0.2) is 48.5 Å². The lowest BCUT2D eigenvalue weighted by atomic mass is 10.2. The monoisotopic (exact) mass is 370 g/mol. The first-order chi connectivity index (χ1) is 13.0. The molecule has 2 aromatic rings. The number of benzene rings is 2. The fourth-order valence-electron chi connectivity index (χ4n) is 2.91. The summed E-state index contributed by atoms with van der Waals surface area (Å²) in [5, 5.41) is 5.28. The summed E-state index contributed by atoms with van der Waals surface area (Å²) in [5.74, 6) is -1.24. The van der Waals surface area contributed by atoms with Crippen LogP contribution in [-0.2, 0) is 9.59 Å². The maximum absolute atomic E-state index is 12.9. The van der Waals surface area contributed by atoms with Gasteiger partial charge < -0.3 is 20.4 Å². The minimum absolute atomic E-state index is 0.308. The molecule has 7 heteroatoms. The van der Waals surface area contributed by atoms with E-state index in [1.807, 2.05) is 24.3 Å². The topological polar surface area (TPSA) is 64.7 Å². The van der Waals surface area contributed by atoms with Crippen LogP contribution >= 0.6 is 0 Å². The van der Waals surface area contributed by atoms with Crippen molar-refractivity contribution >= 4 is 28.9 Å². The fourth-order valence-corrected chi connectivity index (χ4v) is 2.91. The number of carbonyl (C=O) groups excluding carboxylic acids is 2. The minimum atomic E-state index is -0.451. The first kappa shape index (κ1) is 18.8. The lowest BCUT2D eigenvalue weighted by Crippen LogP contribution is -2.44. The molecular weight excluding hydrogens is 347 g/mol. The first-order valence-corrected chi connectivity index (χ1v) is 8.88. The Balaban J connectivity index is 1.48. The number of hydrogen-bond donors (Lipinski definition) is 2. The summed E-state index contributed by atoms with van der Waals surface area (Å²) in [6.45, 7) is 4.01. The molecule has 1 aliphatic heterocycles. The van der Waals surface area contributed by atoms with Gasteiger partial charge in [-0.3, -0.25) is 9.59 Å². The summed E-state index contributed by atoms with van der Waals surface area (Å²) in [7, 11) is 2.11. The molecule has 3 rings (SSSR count). The lowest BCUT2D eigenvalue weighted by molar-refractivity contribution is -0.123. The molecule has 0 aliphatic carbocycles. The largest absolute Gasteiger partial charge is 0.369 e. The van der Waals surface area contributed by atoms with Crippen molar-refractivity contribution in [3.05, 3.63) is 54.3 Å². The Kier molecular flexibility index (Phi) is 6.03. The zero-order valence-corrected chi connectivity index (χ0v) is 15.2. The molecule has 0 spiro atoms. The number of likely N-dealkylation sites (N-methyl/N-ethyl adjacent to an activating group) is 1. The van der Waals surface area contributed by atoms with Gasteiger partial charge in [0.1, 0.15) is 12.2 Å². The van der Waals surface area contributed by atoms with Crippen molar-refractivity contribution in [1.82, 2.24) is 4.90 Å². The molecule has 1 heterocycles. The highest BCUT2D eigenvalue weighted by atomic mass is 19.1. The van der Waals surface area contributed by atoms with E-state index in [-0.39, 0.29) is 12.2 Å². The molecular formula is C20H23FN4O2. The zero-order valence-electron chi connectivity index (χ0n) is 15.2. The van der Waals surface area contributed by atoms with Crippen molar-refractivity contribution in [3.8, 4) is 0 Å². The highest BCUT2D eigenvalue weighted by Crippen LogP contribution is 2.19. The van der Waals surface area contributed by atoms with Gasteiger partial charge in [-0.15, -0.1) is 0 Å². The third-order valence-corrected chi connectivity index (χ3v) is 4.47. The van der Waals surface area contributed by atoms with Gasteiger partial charge in [-0.05, 0) is 55.6 Å². The highest BCUT2D eigenvalue weighted by Gasteiger charge is 2.14. The van der Waals surface area contributed by atoms with Crippen LogP contribution in [-0.4, -0.2) is 49.9 Å². The highest BCUT2D eigenvalue weighted by molar-refractivity contribution is 6.08. The van der Waals surface area contributed by atoms with E-state index in [2.05, 4.69) is 27.5 Å². The molecule has 2 aromatic carbocycles. The Labute approximate surface area is 158 Å². The van der Waals surface area contributed by atoms with Crippen molar-refractivity contribution in [2.24, 2.45) is 0 Å². The quantitative estimate of drug-likeness (QED) is 0.794. The van der Waals surface area contributed by atoms with Crippen LogP contribution in [0.25, 0.3) is 0 Å². The van der Waals surface area contributed by atoms with Crippen LogP contribution in [0, 0.1) is 5.82 Å². The molecule has 0 aromatic heterocycles. The zero-order chi connectivity index (χ0) is 19.2. The smallest absolute Gasteiger partial charge is 0.233 e. The van der Waals surface area contributed by atoms with E-state index < -0.39 is 11.8 Å². The molecule has 0 atom stereocenters. The van der Waals surface area contributed by atoms with Gasteiger partial charge in [0, 0.05) is 43.2 Å².